The van der Waals surface area contributed by atoms with Crippen LogP contribution in [0.15, 0.2) is 18.2 Å². The lowest BCUT2D eigenvalue weighted by Gasteiger charge is -2.35. The van der Waals surface area contributed by atoms with E-state index in [0.717, 1.165) is 37.7 Å². The monoisotopic (exact) mass is 376 g/mol. The van der Waals surface area contributed by atoms with E-state index in [1.165, 1.54) is 31.2 Å². The zero-order chi connectivity index (χ0) is 15.2. The second kappa shape index (κ2) is 11.0. The van der Waals surface area contributed by atoms with Crippen molar-refractivity contribution in [1.29, 1.82) is 0 Å². The molecule has 0 saturated carbocycles. The zero-order valence-electron chi connectivity index (χ0n) is 14.5. The number of benzene rings is 1. The number of nitrogens with one attached hydrogen (secondary N) is 1. The summed E-state index contributed by atoms with van der Waals surface area (Å²) in [6.07, 6.45) is 5.11. The molecule has 0 spiro atoms. The standard InChI is InChI=1S/C18H28N2O2.2ClH/c1-2-3-4-5-16(20-10-8-19-9-11-20)15-6-7-17-18(14-15)22-13-12-21-17;;/h6-7,14,16,19H,2-5,8-13H2,1H3;2*1H/t16-;;/m0../s1. The molecule has 0 aromatic heterocycles. The van der Waals surface area contributed by atoms with Crippen LogP contribution >= 0.6 is 24.8 Å². The van der Waals surface area contributed by atoms with Crippen LogP contribution in [-0.2, 0) is 0 Å². The fraction of sp³-hybridized carbons (Fsp3) is 0.667. The molecule has 4 nitrogen and oxygen atoms in total. The maximum Gasteiger partial charge on any atom is 0.161 e. The molecular formula is C18H30Cl2N2O2. The molecule has 1 saturated heterocycles. The van der Waals surface area contributed by atoms with Gasteiger partial charge in [-0.3, -0.25) is 4.90 Å². The second-order valence-electron chi connectivity index (χ2n) is 6.20. The highest BCUT2D eigenvalue weighted by molar-refractivity contribution is 5.85. The van der Waals surface area contributed by atoms with Crippen LogP contribution in [0.2, 0.25) is 0 Å². The average Bonchev–Trinajstić information content (AvgIpc) is 2.59. The summed E-state index contributed by atoms with van der Waals surface area (Å²) in [4.78, 5) is 2.62. The maximum absolute atomic E-state index is 5.77. The number of fused-ring (bicyclic) bond motifs is 1. The molecule has 1 aromatic carbocycles. The minimum absolute atomic E-state index is 0. The first-order valence-corrected chi connectivity index (χ1v) is 8.73. The van der Waals surface area contributed by atoms with Gasteiger partial charge in [0.25, 0.3) is 0 Å². The third kappa shape index (κ3) is 5.41. The van der Waals surface area contributed by atoms with Crippen molar-refractivity contribution in [3.05, 3.63) is 23.8 Å². The molecule has 2 aliphatic heterocycles. The van der Waals surface area contributed by atoms with Gasteiger partial charge in [-0.25, -0.2) is 0 Å². The smallest absolute Gasteiger partial charge is 0.161 e. The molecule has 0 unspecified atom stereocenters. The molecule has 2 heterocycles. The number of piperazine rings is 1. The second-order valence-corrected chi connectivity index (χ2v) is 6.20. The van der Waals surface area contributed by atoms with Crippen LogP contribution in [0, 0.1) is 0 Å². The van der Waals surface area contributed by atoms with E-state index in [4.69, 9.17) is 9.47 Å². The zero-order valence-corrected chi connectivity index (χ0v) is 16.1. The van der Waals surface area contributed by atoms with Gasteiger partial charge < -0.3 is 14.8 Å². The average molecular weight is 377 g/mol. The third-order valence-corrected chi connectivity index (χ3v) is 4.62. The fourth-order valence-corrected chi connectivity index (χ4v) is 3.41. The van der Waals surface area contributed by atoms with Gasteiger partial charge in [0.05, 0.1) is 0 Å². The van der Waals surface area contributed by atoms with Gasteiger partial charge in [-0.15, -0.1) is 24.8 Å². The summed E-state index contributed by atoms with van der Waals surface area (Å²) in [5, 5.41) is 3.45. The van der Waals surface area contributed by atoms with E-state index in [0.29, 0.717) is 19.3 Å². The third-order valence-electron chi connectivity index (χ3n) is 4.62. The van der Waals surface area contributed by atoms with Crippen molar-refractivity contribution in [1.82, 2.24) is 10.2 Å². The maximum atomic E-state index is 5.77. The van der Waals surface area contributed by atoms with Crippen LogP contribution in [-0.4, -0.2) is 44.3 Å². The molecule has 6 heteroatoms. The van der Waals surface area contributed by atoms with E-state index in [9.17, 15) is 0 Å². The topological polar surface area (TPSA) is 33.7 Å². The van der Waals surface area contributed by atoms with Crippen molar-refractivity contribution in [2.45, 2.75) is 38.6 Å². The first kappa shape index (κ1) is 21.4. The van der Waals surface area contributed by atoms with Gasteiger partial charge in [-0.05, 0) is 24.1 Å². The normalized spacial score (nSPS) is 18.2. The lowest BCUT2D eigenvalue weighted by Crippen LogP contribution is -2.45. The van der Waals surface area contributed by atoms with E-state index < -0.39 is 0 Å². The van der Waals surface area contributed by atoms with Gasteiger partial charge >= 0.3 is 0 Å². The largest absolute Gasteiger partial charge is 0.486 e. The lowest BCUT2D eigenvalue weighted by atomic mass is 9.97. The number of ether oxygens (including phenoxy) is 2. The molecule has 1 aromatic rings. The van der Waals surface area contributed by atoms with Gasteiger partial charge in [0.1, 0.15) is 13.2 Å². The highest BCUT2D eigenvalue weighted by atomic mass is 35.5. The predicted molar refractivity (Wildman–Crippen MR) is 103 cm³/mol. The van der Waals surface area contributed by atoms with Gasteiger partial charge in [0.15, 0.2) is 11.5 Å². The Morgan fingerprint density at radius 2 is 1.75 bits per heavy atom. The number of nitrogens with zero attached hydrogens (tertiary/aromatic N) is 1. The van der Waals surface area contributed by atoms with Crippen LogP contribution in [0.25, 0.3) is 0 Å². The molecular weight excluding hydrogens is 347 g/mol. The number of rotatable bonds is 6. The Hall–Kier alpha value is -0.680. The van der Waals surface area contributed by atoms with Crippen molar-refractivity contribution in [2.75, 3.05) is 39.4 Å². The van der Waals surface area contributed by atoms with Crippen molar-refractivity contribution >= 4 is 24.8 Å². The van der Waals surface area contributed by atoms with E-state index in [1.54, 1.807) is 0 Å². The predicted octanol–water partition coefficient (Wildman–Crippen LogP) is 3.83. The van der Waals surface area contributed by atoms with Gasteiger partial charge in [0.2, 0.25) is 0 Å². The lowest BCUT2D eigenvalue weighted by molar-refractivity contribution is 0.158. The first-order chi connectivity index (χ1) is 10.9. The summed E-state index contributed by atoms with van der Waals surface area (Å²) < 4.78 is 11.4. The van der Waals surface area contributed by atoms with Gasteiger partial charge in [-0.1, -0.05) is 32.3 Å². The van der Waals surface area contributed by atoms with Crippen LogP contribution in [0.5, 0.6) is 11.5 Å². The van der Waals surface area contributed by atoms with Crippen molar-refractivity contribution in [2.24, 2.45) is 0 Å². The molecule has 0 bridgehead atoms. The molecule has 1 atom stereocenters. The molecule has 3 rings (SSSR count). The summed E-state index contributed by atoms with van der Waals surface area (Å²) in [5.41, 5.74) is 1.38. The highest BCUT2D eigenvalue weighted by Crippen LogP contribution is 2.36. The van der Waals surface area contributed by atoms with Gasteiger partial charge in [-0.2, -0.15) is 0 Å². The molecule has 0 amide bonds. The minimum atomic E-state index is 0. The highest BCUT2D eigenvalue weighted by Gasteiger charge is 2.23. The SMILES string of the molecule is CCCCC[C@@H](c1ccc2c(c1)OCCO2)N1CCNCC1.Cl.Cl. The minimum Gasteiger partial charge on any atom is -0.486 e. The molecule has 1 fully saturated rings. The molecule has 138 valence electrons. The van der Waals surface area contributed by atoms with Crippen LogP contribution in [0.1, 0.15) is 44.2 Å². The number of halogens is 2. The Morgan fingerprint density at radius 1 is 1.04 bits per heavy atom. The quantitative estimate of drug-likeness (QED) is 0.764. The molecule has 1 N–H and O–H groups in total. The molecule has 0 aliphatic carbocycles. The Bertz CT molecular complexity index is 482. The Morgan fingerprint density at radius 3 is 2.46 bits per heavy atom. The molecule has 0 radical (unpaired) electrons. The van der Waals surface area contributed by atoms with Crippen LogP contribution < -0.4 is 14.8 Å². The van der Waals surface area contributed by atoms with E-state index in [1.807, 2.05) is 0 Å². The Balaban J connectivity index is 0.00000144. The van der Waals surface area contributed by atoms with Crippen molar-refractivity contribution in [3.63, 3.8) is 0 Å². The number of hydrogen-bond donors (Lipinski definition) is 1. The first-order valence-electron chi connectivity index (χ1n) is 8.73. The Kier molecular flexibility index (Phi) is 9.82. The summed E-state index contributed by atoms with van der Waals surface area (Å²) in [7, 11) is 0. The number of unbranched alkanes of at least 4 members (excludes halogenated alkanes) is 2. The summed E-state index contributed by atoms with van der Waals surface area (Å²) in [5.74, 6) is 1.81. The fourth-order valence-electron chi connectivity index (χ4n) is 3.41. The van der Waals surface area contributed by atoms with Crippen molar-refractivity contribution < 1.29 is 9.47 Å². The molecule has 2 aliphatic rings. The summed E-state index contributed by atoms with van der Waals surface area (Å²) >= 11 is 0. The van der Waals surface area contributed by atoms with E-state index in [-0.39, 0.29) is 24.8 Å². The summed E-state index contributed by atoms with van der Waals surface area (Å²) in [6, 6.07) is 7.02. The van der Waals surface area contributed by atoms with Crippen LogP contribution in [0.3, 0.4) is 0 Å². The van der Waals surface area contributed by atoms with E-state index >= 15 is 0 Å². The number of hydrogen-bond acceptors (Lipinski definition) is 4. The Labute approximate surface area is 158 Å². The van der Waals surface area contributed by atoms with Gasteiger partial charge in [0, 0.05) is 32.2 Å². The van der Waals surface area contributed by atoms with Crippen LogP contribution in [0.4, 0.5) is 0 Å². The summed E-state index contributed by atoms with van der Waals surface area (Å²) in [6.45, 7) is 8.03. The van der Waals surface area contributed by atoms with E-state index in [2.05, 4.69) is 35.3 Å². The molecule has 24 heavy (non-hydrogen) atoms. The van der Waals surface area contributed by atoms with Crippen molar-refractivity contribution in [3.8, 4) is 11.5 Å².